The molecule has 3 aromatic rings. The van der Waals surface area contributed by atoms with Crippen LogP contribution in [0.5, 0.6) is 5.75 Å². The van der Waals surface area contributed by atoms with Gasteiger partial charge < -0.3 is 14.6 Å². The van der Waals surface area contributed by atoms with Crippen molar-refractivity contribution in [1.82, 2.24) is 4.98 Å². The van der Waals surface area contributed by atoms with Crippen LogP contribution in [-0.4, -0.2) is 11.0 Å². The number of halogens is 2. The van der Waals surface area contributed by atoms with E-state index in [4.69, 9.17) is 27.9 Å². The number of hydrogen-bond acceptors (Lipinski definition) is 5. The van der Waals surface area contributed by atoms with Crippen LogP contribution in [0.15, 0.2) is 47.8 Å². The quantitative estimate of drug-likeness (QED) is 0.563. The molecule has 0 aliphatic carbocycles. The number of thiazole rings is 1. The molecule has 0 N–H and O–H groups in total. The summed E-state index contributed by atoms with van der Waals surface area (Å²) < 4.78 is 5.90. The van der Waals surface area contributed by atoms with Crippen molar-refractivity contribution in [2.45, 2.75) is 13.0 Å². The van der Waals surface area contributed by atoms with Crippen LogP contribution in [-0.2, 0) is 17.8 Å². The monoisotopic (exact) mass is 415 g/mol. The zero-order valence-electron chi connectivity index (χ0n) is 13.9. The van der Waals surface area contributed by atoms with E-state index >= 15 is 0 Å². The number of hydrogen-bond donors (Lipinski definition) is 0. The number of nitrogens with zero attached hydrogens (tertiary/aromatic N) is 1. The summed E-state index contributed by atoms with van der Waals surface area (Å²) >= 11 is 13.3. The summed E-state index contributed by atoms with van der Waals surface area (Å²) in [4.78, 5) is 15.0. The number of carboxylic acids is 1. The van der Waals surface area contributed by atoms with E-state index in [0.29, 0.717) is 33.1 Å². The number of rotatable bonds is 6. The Bertz CT molecular complexity index is 900. The molecule has 3 rings (SSSR count). The molecule has 0 bridgehead atoms. The van der Waals surface area contributed by atoms with Gasteiger partial charge in [0, 0.05) is 27.8 Å². The minimum absolute atomic E-state index is 0. The summed E-state index contributed by atoms with van der Waals surface area (Å²) in [5.74, 6) is -0.546. The Morgan fingerprint density at radius 2 is 1.81 bits per heavy atom. The minimum Gasteiger partial charge on any atom is -0.550 e. The molecule has 0 saturated carbocycles. The molecule has 0 fully saturated rings. The second-order valence-corrected chi connectivity index (χ2v) is 6.98. The first-order chi connectivity index (χ1) is 12.0. The van der Waals surface area contributed by atoms with Gasteiger partial charge in [-0.2, -0.15) is 0 Å². The minimum atomic E-state index is -1.16. The normalized spacial score (nSPS) is 10.2. The zero-order valence-corrected chi connectivity index (χ0v) is 18.2. The van der Waals surface area contributed by atoms with E-state index in [2.05, 4.69) is 4.98 Å². The second kappa shape index (κ2) is 9.74. The van der Waals surface area contributed by atoms with E-state index in [-0.39, 0.29) is 36.0 Å². The molecular weight excluding hydrogens is 404 g/mol. The summed E-state index contributed by atoms with van der Waals surface area (Å²) in [7, 11) is 0. The molecule has 0 unspecified atom stereocenters. The van der Waals surface area contributed by atoms with Crippen molar-refractivity contribution in [3.63, 3.8) is 0 Å². The fourth-order valence-corrected chi connectivity index (χ4v) is 3.33. The third-order valence-electron chi connectivity index (χ3n) is 3.36. The Kier molecular flexibility index (Phi) is 7.95. The van der Waals surface area contributed by atoms with Gasteiger partial charge in [-0.25, -0.2) is 4.98 Å². The van der Waals surface area contributed by atoms with Gasteiger partial charge in [0.1, 0.15) is 17.4 Å². The van der Waals surface area contributed by atoms with Crippen LogP contribution in [0.25, 0.3) is 10.6 Å². The van der Waals surface area contributed by atoms with Gasteiger partial charge in [0.25, 0.3) is 0 Å². The number of carbonyl (C=O) groups is 1. The molecule has 4 nitrogen and oxygen atoms in total. The molecule has 1 heterocycles. The van der Waals surface area contributed by atoms with Gasteiger partial charge in [-0.3, -0.25) is 0 Å². The summed E-state index contributed by atoms with van der Waals surface area (Å²) in [5.41, 5.74) is 2.14. The SMILES string of the molecule is O=C([O-])Cc1csc(-c2cc(Cl)ccc2OCc2ccc(Cl)cc2)n1.[Na+]. The fourth-order valence-electron chi connectivity index (χ4n) is 2.20. The Morgan fingerprint density at radius 3 is 2.50 bits per heavy atom. The molecular formula is C18H12Cl2NNaO3S. The van der Waals surface area contributed by atoms with Gasteiger partial charge in [0.15, 0.2) is 0 Å². The first-order valence-corrected chi connectivity index (χ1v) is 8.96. The van der Waals surface area contributed by atoms with Crippen molar-refractivity contribution in [3.8, 4) is 16.3 Å². The molecule has 0 amide bonds. The molecule has 26 heavy (non-hydrogen) atoms. The van der Waals surface area contributed by atoms with Crippen molar-refractivity contribution in [2.24, 2.45) is 0 Å². The fraction of sp³-hybridized carbons (Fsp3) is 0.111. The standard InChI is InChI=1S/C18H13Cl2NO3S.Na/c19-12-3-1-11(2-4-12)9-24-16-6-5-13(20)7-15(16)18-21-14(10-25-18)8-17(22)23;/h1-7,10H,8-9H2,(H,22,23);/q;+1/p-1. The van der Waals surface area contributed by atoms with Crippen molar-refractivity contribution >= 4 is 40.5 Å². The molecule has 0 aliphatic heterocycles. The van der Waals surface area contributed by atoms with Gasteiger partial charge in [-0.1, -0.05) is 35.3 Å². The summed E-state index contributed by atoms with van der Waals surface area (Å²) in [6, 6.07) is 12.6. The van der Waals surface area contributed by atoms with Crippen LogP contribution >= 0.6 is 34.5 Å². The number of carboxylic acid groups (broad SMARTS) is 1. The third-order valence-corrected chi connectivity index (χ3v) is 4.77. The van der Waals surface area contributed by atoms with E-state index < -0.39 is 5.97 Å². The number of aliphatic carboxylic acids is 1. The molecule has 128 valence electrons. The van der Waals surface area contributed by atoms with E-state index in [9.17, 15) is 9.90 Å². The average Bonchev–Trinajstić information content (AvgIpc) is 3.02. The van der Waals surface area contributed by atoms with Gasteiger partial charge in [0.05, 0.1) is 11.3 Å². The Morgan fingerprint density at radius 1 is 1.12 bits per heavy atom. The van der Waals surface area contributed by atoms with Crippen molar-refractivity contribution < 1.29 is 44.2 Å². The van der Waals surface area contributed by atoms with Crippen LogP contribution in [0.4, 0.5) is 0 Å². The first-order valence-electron chi connectivity index (χ1n) is 7.32. The third kappa shape index (κ3) is 5.71. The van der Waals surface area contributed by atoms with Gasteiger partial charge >= 0.3 is 29.6 Å². The van der Waals surface area contributed by atoms with E-state index in [1.165, 1.54) is 11.3 Å². The maximum atomic E-state index is 10.7. The maximum Gasteiger partial charge on any atom is 1.00 e. The summed E-state index contributed by atoms with van der Waals surface area (Å²) in [6.45, 7) is 0.364. The average molecular weight is 416 g/mol. The Labute approximate surface area is 187 Å². The van der Waals surface area contributed by atoms with Crippen LogP contribution in [0.3, 0.4) is 0 Å². The number of benzene rings is 2. The molecule has 0 saturated heterocycles. The number of aromatic nitrogens is 1. The molecule has 0 radical (unpaired) electrons. The topological polar surface area (TPSA) is 62.2 Å². The molecule has 8 heteroatoms. The Hall–Kier alpha value is -1.08. The summed E-state index contributed by atoms with van der Waals surface area (Å²) in [6.07, 6.45) is -0.224. The largest absolute Gasteiger partial charge is 1.00 e. The second-order valence-electron chi connectivity index (χ2n) is 5.25. The summed E-state index contributed by atoms with van der Waals surface area (Å²) in [5, 5.41) is 14.3. The first kappa shape index (κ1) is 21.2. The van der Waals surface area contributed by atoms with Gasteiger partial charge in [0.2, 0.25) is 0 Å². The van der Waals surface area contributed by atoms with Crippen LogP contribution in [0.2, 0.25) is 10.0 Å². The van der Waals surface area contributed by atoms with Crippen molar-refractivity contribution in [3.05, 3.63) is 69.1 Å². The maximum absolute atomic E-state index is 10.7. The predicted molar refractivity (Wildman–Crippen MR) is 97.1 cm³/mol. The van der Waals surface area contributed by atoms with E-state index in [1.807, 2.05) is 12.1 Å². The predicted octanol–water partition coefficient (Wildman–Crippen LogP) is 0.992. The van der Waals surface area contributed by atoms with Crippen molar-refractivity contribution in [2.75, 3.05) is 0 Å². The number of ether oxygens (including phenoxy) is 1. The van der Waals surface area contributed by atoms with Crippen LogP contribution in [0, 0.1) is 0 Å². The van der Waals surface area contributed by atoms with Crippen molar-refractivity contribution in [1.29, 1.82) is 0 Å². The van der Waals surface area contributed by atoms with E-state index in [1.54, 1.807) is 35.7 Å². The molecule has 0 aliphatic rings. The van der Waals surface area contributed by atoms with Crippen LogP contribution in [0.1, 0.15) is 11.3 Å². The molecule has 0 spiro atoms. The van der Waals surface area contributed by atoms with Gasteiger partial charge in [-0.15, -0.1) is 11.3 Å². The molecule has 2 aromatic carbocycles. The van der Waals surface area contributed by atoms with E-state index in [0.717, 1.165) is 11.1 Å². The molecule has 1 aromatic heterocycles. The van der Waals surface area contributed by atoms with Gasteiger partial charge in [-0.05, 0) is 35.9 Å². The smallest absolute Gasteiger partial charge is 0.550 e. The zero-order chi connectivity index (χ0) is 17.8. The molecule has 0 atom stereocenters. The Balaban J connectivity index is 0.00000243. The van der Waals surface area contributed by atoms with Crippen LogP contribution < -0.4 is 39.4 Å². The number of carbonyl (C=O) groups excluding carboxylic acids is 1.